The maximum atomic E-state index is 11.6. The lowest BCUT2D eigenvalue weighted by atomic mass is 10.3. The van der Waals surface area contributed by atoms with Crippen LogP contribution in [0.3, 0.4) is 0 Å². The monoisotopic (exact) mass is 390 g/mol. The zero-order chi connectivity index (χ0) is 19.5. The third kappa shape index (κ3) is 7.74. The highest BCUT2D eigenvalue weighted by molar-refractivity contribution is 6.30. The van der Waals surface area contributed by atoms with Crippen LogP contribution in [0.2, 0.25) is 5.02 Å². The van der Waals surface area contributed by atoms with Crippen molar-refractivity contribution in [2.75, 3.05) is 20.1 Å². The van der Waals surface area contributed by atoms with Gasteiger partial charge in [0.05, 0.1) is 6.54 Å². The van der Waals surface area contributed by atoms with Gasteiger partial charge in [0.2, 0.25) is 5.56 Å². The molecule has 2 N–H and O–H groups in total. The topological polar surface area (TPSA) is 67.7 Å². The number of aryl methyl sites for hydroxylation is 1. The zero-order valence-corrected chi connectivity index (χ0v) is 16.6. The van der Waals surface area contributed by atoms with Gasteiger partial charge in [-0.3, -0.25) is 9.79 Å². The van der Waals surface area contributed by atoms with Gasteiger partial charge in [0.25, 0.3) is 0 Å². The van der Waals surface area contributed by atoms with Crippen molar-refractivity contribution in [1.82, 2.24) is 15.2 Å². The average molecular weight is 391 g/mol. The Kier molecular flexibility index (Phi) is 8.71. The largest absolute Gasteiger partial charge is 0.489 e. The fourth-order valence-electron chi connectivity index (χ4n) is 2.51. The number of aromatic nitrogens is 1. The number of rotatable bonds is 9. The van der Waals surface area contributed by atoms with E-state index in [0.717, 1.165) is 37.6 Å². The van der Waals surface area contributed by atoms with Gasteiger partial charge in [-0.15, -0.1) is 0 Å². The van der Waals surface area contributed by atoms with Crippen LogP contribution in [0.1, 0.15) is 19.8 Å². The number of unbranched alkanes of at least 4 members (excludes halogenated alkanes) is 1. The highest BCUT2D eigenvalue weighted by Crippen LogP contribution is 2.16. The molecule has 27 heavy (non-hydrogen) atoms. The first-order chi connectivity index (χ1) is 13.1. The number of nitrogens with one attached hydrogen (secondary N) is 2. The number of hydrogen-bond acceptors (Lipinski definition) is 3. The average Bonchev–Trinajstić information content (AvgIpc) is 2.67. The van der Waals surface area contributed by atoms with Crippen LogP contribution >= 0.6 is 11.6 Å². The van der Waals surface area contributed by atoms with E-state index >= 15 is 0 Å². The van der Waals surface area contributed by atoms with Crippen molar-refractivity contribution in [2.24, 2.45) is 4.99 Å². The number of aliphatic imine (C=N–C) groups is 1. The summed E-state index contributed by atoms with van der Waals surface area (Å²) in [5, 5.41) is 7.22. The predicted molar refractivity (Wildman–Crippen MR) is 111 cm³/mol. The summed E-state index contributed by atoms with van der Waals surface area (Å²) < 4.78 is 7.56. The second-order valence-electron chi connectivity index (χ2n) is 6.20. The van der Waals surface area contributed by atoms with E-state index in [9.17, 15) is 4.79 Å². The van der Waals surface area contributed by atoms with E-state index < -0.39 is 0 Å². The van der Waals surface area contributed by atoms with Crippen LogP contribution in [0.25, 0.3) is 0 Å². The van der Waals surface area contributed by atoms with Crippen molar-refractivity contribution >= 4 is 17.6 Å². The van der Waals surface area contributed by atoms with Gasteiger partial charge in [0, 0.05) is 37.4 Å². The summed E-state index contributed by atoms with van der Waals surface area (Å²) >= 11 is 5.87. The molecule has 2 rings (SSSR count). The number of halogens is 1. The summed E-state index contributed by atoms with van der Waals surface area (Å²) in [4.78, 5) is 15.8. The van der Waals surface area contributed by atoms with E-state index in [2.05, 4.69) is 15.6 Å². The molecule has 7 heteroatoms. The van der Waals surface area contributed by atoms with Crippen LogP contribution in [0.4, 0.5) is 0 Å². The first-order valence-electron chi connectivity index (χ1n) is 9.10. The Hall–Kier alpha value is -2.47. The van der Waals surface area contributed by atoms with Crippen LogP contribution in [-0.4, -0.2) is 36.8 Å². The smallest absolute Gasteiger partial charge is 0.250 e. The van der Waals surface area contributed by atoms with Crippen LogP contribution in [0.5, 0.6) is 5.75 Å². The molecule has 0 aliphatic carbocycles. The van der Waals surface area contributed by atoms with E-state index in [-0.39, 0.29) is 11.7 Å². The van der Waals surface area contributed by atoms with Crippen LogP contribution in [0.15, 0.2) is 58.4 Å². The molecule has 0 saturated carbocycles. The van der Waals surface area contributed by atoms with E-state index in [4.69, 9.17) is 16.3 Å². The molecular weight excluding hydrogens is 364 g/mol. The lowest BCUT2D eigenvalue weighted by molar-refractivity contribution is 0.224. The van der Waals surface area contributed by atoms with Crippen molar-refractivity contribution in [3.05, 3.63) is 64.0 Å². The minimum Gasteiger partial charge on any atom is -0.489 e. The molecule has 6 nitrogen and oxygen atoms in total. The maximum Gasteiger partial charge on any atom is 0.250 e. The Morgan fingerprint density at radius 1 is 1.19 bits per heavy atom. The van der Waals surface area contributed by atoms with Crippen LogP contribution in [-0.2, 0) is 6.54 Å². The summed E-state index contributed by atoms with van der Waals surface area (Å²) in [5.74, 6) is 1.52. The van der Waals surface area contributed by atoms with Crippen molar-refractivity contribution in [2.45, 2.75) is 32.4 Å². The summed E-state index contributed by atoms with van der Waals surface area (Å²) in [5.41, 5.74) is 0.0395. The molecule has 1 atom stereocenters. The highest BCUT2D eigenvalue weighted by Gasteiger charge is 2.06. The van der Waals surface area contributed by atoms with Gasteiger partial charge in [-0.05, 0) is 50.1 Å². The summed E-state index contributed by atoms with van der Waals surface area (Å²) in [6.07, 6.45) is 3.66. The van der Waals surface area contributed by atoms with Crippen molar-refractivity contribution in [3.8, 4) is 5.75 Å². The molecule has 1 unspecified atom stereocenters. The Bertz CT molecular complexity index is 774. The van der Waals surface area contributed by atoms with E-state index in [1.165, 1.54) is 0 Å². The number of pyridine rings is 1. The molecule has 2 aromatic rings. The van der Waals surface area contributed by atoms with Gasteiger partial charge in [0.15, 0.2) is 5.96 Å². The van der Waals surface area contributed by atoms with Gasteiger partial charge in [-0.25, -0.2) is 0 Å². The number of hydrogen-bond donors (Lipinski definition) is 2. The Morgan fingerprint density at radius 3 is 2.67 bits per heavy atom. The molecule has 146 valence electrons. The van der Waals surface area contributed by atoms with Gasteiger partial charge in [-0.2, -0.15) is 0 Å². The number of benzene rings is 1. The van der Waals surface area contributed by atoms with Crippen LogP contribution in [0, 0.1) is 0 Å². The minimum absolute atomic E-state index is 0.0188. The van der Waals surface area contributed by atoms with Gasteiger partial charge >= 0.3 is 0 Å². The molecule has 1 heterocycles. The van der Waals surface area contributed by atoms with E-state index in [1.54, 1.807) is 35.9 Å². The predicted octanol–water partition coefficient (Wildman–Crippen LogP) is 2.91. The van der Waals surface area contributed by atoms with E-state index in [1.807, 2.05) is 31.3 Å². The molecular formula is C20H27ClN4O2. The first-order valence-corrected chi connectivity index (χ1v) is 9.48. The van der Waals surface area contributed by atoms with E-state index in [0.29, 0.717) is 11.6 Å². The van der Waals surface area contributed by atoms with Gasteiger partial charge in [0.1, 0.15) is 11.9 Å². The fraction of sp³-hybridized carbons (Fsp3) is 0.400. The lowest BCUT2D eigenvalue weighted by Gasteiger charge is -2.18. The number of guanidine groups is 1. The summed E-state index contributed by atoms with van der Waals surface area (Å²) in [6, 6.07) is 12.5. The molecule has 0 saturated heterocycles. The summed E-state index contributed by atoms with van der Waals surface area (Å²) in [6.45, 7) is 4.13. The second-order valence-corrected chi connectivity index (χ2v) is 6.64. The number of ether oxygens (including phenoxy) is 1. The third-order valence-electron chi connectivity index (χ3n) is 3.95. The lowest BCUT2D eigenvalue weighted by Crippen LogP contribution is -2.42. The minimum atomic E-state index is -0.0188. The highest BCUT2D eigenvalue weighted by atomic mass is 35.5. The zero-order valence-electron chi connectivity index (χ0n) is 15.8. The molecule has 0 aliphatic heterocycles. The standard InChI is InChI=1S/C20H27ClN4O2/c1-16(27-18-10-8-17(21)9-11-18)15-24-20(22-2)23-12-4-6-14-25-13-5-3-7-19(25)26/h3,5,7-11,13,16H,4,6,12,14-15H2,1-2H3,(H2,22,23,24). The fourth-order valence-corrected chi connectivity index (χ4v) is 2.63. The quantitative estimate of drug-likeness (QED) is 0.392. The molecule has 0 amide bonds. The summed E-state index contributed by atoms with van der Waals surface area (Å²) in [7, 11) is 1.74. The van der Waals surface area contributed by atoms with Crippen LogP contribution < -0.4 is 20.9 Å². The SMILES string of the molecule is CN=C(NCCCCn1ccccc1=O)NCC(C)Oc1ccc(Cl)cc1. The molecule has 0 spiro atoms. The molecule has 1 aromatic heterocycles. The molecule has 0 aliphatic rings. The van der Waals surface area contributed by atoms with Crippen molar-refractivity contribution < 1.29 is 4.74 Å². The second kappa shape index (κ2) is 11.3. The molecule has 0 radical (unpaired) electrons. The first kappa shape index (κ1) is 20.8. The molecule has 0 fully saturated rings. The van der Waals surface area contributed by atoms with Crippen molar-refractivity contribution in [3.63, 3.8) is 0 Å². The van der Waals surface area contributed by atoms with Crippen molar-refractivity contribution in [1.29, 1.82) is 0 Å². The Labute approximate surface area is 165 Å². The molecule has 0 bridgehead atoms. The normalized spacial score (nSPS) is 12.5. The Balaban J connectivity index is 1.63. The number of nitrogens with zero attached hydrogens (tertiary/aromatic N) is 2. The maximum absolute atomic E-state index is 11.6. The third-order valence-corrected chi connectivity index (χ3v) is 4.20. The Morgan fingerprint density at radius 2 is 1.96 bits per heavy atom. The van der Waals surface area contributed by atoms with Gasteiger partial charge < -0.3 is 19.9 Å². The van der Waals surface area contributed by atoms with Gasteiger partial charge in [-0.1, -0.05) is 17.7 Å². The molecule has 1 aromatic carbocycles.